The highest BCUT2D eigenvalue weighted by Crippen LogP contribution is 2.41. The Morgan fingerprint density at radius 2 is 1.19 bits per heavy atom. The van der Waals surface area contributed by atoms with Crippen LogP contribution in [0.5, 0.6) is 28.7 Å². The molecular weight excluding hydrogens is 680 g/mol. The zero-order chi connectivity index (χ0) is 37.2. The van der Waals surface area contributed by atoms with E-state index in [1.807, 2.05) is 41.9 Å². The number of carbonyl (C=O) groups excluding carboxylic acids is 2. The minimum atomic E-state index is -1.12. The van der Waals surface area contributed by atoms with Gasteiger partial charge in [-0.05, 0) is 68.1 Å². The quantitative estimate of drug-likeness (QED) is 0.233. The van der Waals surface area contributed by atoms with Crippen molar-refractivity contribution in [3.63, 3.8) is 0 Å². The molecule has 0 aliphatic carbocycles. The van der Waals surface area contributed by atoms with Gasteiger partial charge in [-0.25, -0.2) is 4.79 Å². The van der Waals surface area contributed by atoms with Gasteiger partial charge in [0.15, 0.2) is 29.6 Å². The van der Waals surface area contributed by atoms with Gasteiger partial charge in [-0.3, -0.25) is 19.6 Å². The standard InChI is InChI=1S/C40H40N4O9/c1-5-23-8-27-16-41-32-14-36(34(49-3)12-30(32)39(47)43(27)18-23)52-20-25-7-26(11-29(10-25)51-22-38(45)46)21-53-37-15-33-31(13-35(37)50-4)40(48)44-19-24(6-2)9-28(44)17-42-33/h5-7,10-17,27-28H,8-9,18-22H2,1-4H3,(H,45,46)/t27-,28-/m0/s1. The Kier molecular flexibility index (Phi) is 9.90. The number of ether oxygens (including phenoxy) is 5. The molecule has 1 N–H and O–H groups in total. The van der Waals surface area contributed by atoms with Gasteiger partial charge >= 0.3 is 5.97 Å². The number of aliphatic imine (C=N–C) groups is 2. The van der Waals surface area contributed by atoms with Crippen molar-refractivity contribution in [2.45, 2.75) is 52.0 Å². The van der Waals surface area contributed by atoms with Gasteiger partial charge in [0.05, 0.1) is 48.8 Å². The highest BCUT2D eigenvalue weighted by atomic mass is 16.5. The molecule has 2 saturated heterocycles. The average molecular weight is 721 g/mol. The van der Waals surface area contributed by atoms with E-state index in [4.69, 9.17) is 23.7 Å². The number of amides is 2. The molecule has 0 saturated carbocycles. The van der Waals surface area contributed by atoms with Crippen LogP contribution in [0.3, 0.4) is 0 Å². The molecule has 4 aliphatic heterocycles. The Morgan fingerprint density at radius 1 is 0.717 bits per heavy atom. The summed E-state index contributed by atoms with van der Waals surface area (Å²) < 4.78 is 29.3. The molecule has 2 atom stereocenters. The van der Waals surface area contributed by atoms with Crippen LogP contribution in [0.25, 0.3) is 0 Å². The minimum absolute atomic E-state index is 0.0507. The second-order valence-corrected chi connectivity index (χ2v) is 13.1. The van der Waals surface area contributed by atoms with Crippen molar-refractivity contribution in [3.05, 3.63) is 88.0 Å². The highest BCUT2D eigenvalue weighted by molar-refractivity contribution is 6.04. The molecule has 0 aromatic heterocycles. The van der Waals surface area contributed by atoms with E-state index in [-0.39, 0.29) is 37.1 Å². The molecule has 274 valence electrons. The van der Waals surface area contributed by atoms with Crippen molar-refractivity contribution < 1.29 is 43.2 Å². The summed E-state index contributed by atoms with van der Waals surface area (Å²) in [6, 6.07) is 11.7. The van der Waals surface area contributed by atoms with Gasteiger partial charge in [0, 0.05) is 37.7 Å². The van der Waals surface area contributed by atoms with Crippen LogP contribution >= 0.6 is 0 Å². The van der Waals surface area contributed by atoms with Crippen LogP contribution in [0.2, 0.25) is 0 Å². The van der Waals surface area contributed by atoms with E-state index >= 15 is 0 Å². The van der Waals surface area contributed by atoms with Gasteiger partial charge in [0.1, 0.15) is 19.0 Å². The lowest BCUT2D eigenvalue weighted by Gasteiger charge is -2.20. The summed E-state index contributed by atoms with van der Waals surface area (Å²) in [6.45, 7) is 4.63. The van der Waals surface area contributed by atoms with Gasteiger partial charge in [-0.1, -0.05) is 23.3 Å². The second kappa shape index (κ2) is 14.9. The van der Waals surface area contributed by atoms with Crippen LogP contribution < -0.4 is 23.7 Å². The largest absolute Gasteiger partial charge is 0.493 e. The van der Waals surface area contributed by atoms with Gasteiger partial charge in [-0.15, -0.1) is 0 Å². The number of aliphatic carboxylic acids is 1. The minimum Gasteiger partial charge on any atom is -0.493 e. The molecule has 2 fully saturated rings. The fraction of sp³-hybridized carbons (Fsp3) is 0.325. The normalized spacial score (nSPS) is 20.1. The second-order valence-electron chi connectivity index (χ2n) is 13.1. The maximum absolute atomic E-state index is 13.5. The number of fused-ring (bicyclic) bond motifs is 4. The van der Waals surface area contributed by atoms with Crippen molar-refractivity contribution in [1.82, 2.24) is 9.80 Å². The maximum atomic E-state index is 13.5. The Morgan fingerprint density at radius 3 is 1.60 bits per heavy atom. The summed E-state index contributed by atoms with van der Waals surface area (Å²) in [6.07, 6.45) is 9.18. The summed E-state index contributed by atoms with van der Waals surface area (Å²) in [7, 11) is 3.01. The van der Waals surface area contributed by atoms with Gasteiger partial charge in [-0.2, -0.15) is 0 Å². The Hall–Kier alpha value is -6.11. The van der Waals surface area contributed by atoms with E-state index in [9.17, 15) is 19.5 Å². The predicted molar refractivity (Wildman–Crippen MR) is 197 cm³/mol. The van der Waals surface area contributed by atoms with Crippen LogP contribution in [0.4, 0.5) is 11.4 Å². The molecule has 4 aliphatic rings. The molecule has 53 heavy (non-hydrogen) atoms. The van der Waals surface area contributed by atoms with Crippen molar-refractivity contribution in [3.8, 4) is 28.7 Å². The van der Waals surface area contributed by atoms with Crippen LogP contribution in [0.1, 0.15) is 58.5 Å². The lowest BCUT2D eigenvalue weighted by molar-refractivity contribution is -0.139. The lowest BCUT2D eigenvalue weighted by Crippen LogP contribution is -2.35. The number of methoxy groups -OCH3 is 2. The molecule has 7 rings (SSSR count). The van der Waals surface area contributed by atoms with Crippen molar-refractivity contribution in [2.75, 3.05) is 33.9 Å². The first-order chi connectivity index (χ1) is 25.7. The van der Waals surface area contributed by atoms with Gasteiger partial charge in [0.2, 0.25) is 0 Å². The molecule has 4 heterocycles. The fourth-order valence-electron chi connectivity index (χ4n) is 6.98. The summed E-state index contributed by atoms with van der Waals surface area (Å²) in [5, 5.41) is 9.28. The van der Waals surface area contributed by atoms with Crippen molar-refractivity contribution in [1.29, 1.82) is 0 Å². The highest BCUT2D eigenvalue weighted by Gasteiger charge is 2.36. The number of hydrogen-bond donors (Lipinski definition) is 1. The van der Waals surface area contributed by atoms with Crippen LogP contribution in [-0.4, -0.2) is 91.1 Å². The lowest BCUT2D eigenvalue weighted by atomic mass is 10.1. The van der Waals surface area contributed by atoms with Gasteiger partial charge < -0.3 is 38.6 Å². The van der Waals surface area contributed by atoms with E-state index < -0.39 is 12.6 Å². The number of nitrogens with zero attached hydrogens (tertiary/aromatic N) is 4. The number of rotatable bonds is 11. The molecule has 0 spiro atoms. The first-order valence-corrected chi connectivity index (χ1v) is 17.3. The summed E-state index contributed by atoms with van der Waals surface area (Å²) >= 11 is 0. The van der Waals surface area contributed by atoms with Crippen molar-refractivity contribution >= 4 is 41.6 Å². The molecule has 0 bridgehead atoms. The molecule has 2 amide bonds. The van der Waals surface area contributed by atoms with E-state index in [0.717, 1.165) is 12.8 Å². The molecule has 0 unspecified atom stereocenters. The van der Waals surface area contributed by atoms with Crippen molar-refractivity contribution in [2.24, 2.45) is 9.98 Å². The SMILES string of the molecule is CC=C1C[C@H]2C=Nc3cc(OCc4cc(COc5cc6c(cc5OC)C(=O)N5CC(=CC)C[C@H]5C=N6)cc(OCC(=O)O)c4)c(OC)cc3C(=O)N2C1. The predicted octanol–water partition coefficient (Wildman–Crippen LogP) is 6.08. The van der Waals surface area contributed by atoms with Crippen LogP contribution in [0, 0.1) is 0 Å². The molecule has 3 aromatic rings. The smallest absolute Gasteiger partial charge is 0.341 e. The number of carbonyl (C=O) groups is 3. The van der Waals surface area contributed by atoms with E-state index in [2.05, 4.69) is 9.98 Å². The molecule has 13 nitrogen and oxygen atoms in total. The Balaban J connectivity index is 1.12. The zero-order valence-electron chi connectivity index (χ0n) is 30.0. The third-order valence-corrected chi connectivity index (χ3v) is 9.80. The molecular formula is C40H40N4O9. The van der Waals surface area contributed by atoms with Crippen LogP contribution in [-0.2, 0) is 18.0 Å². The first-order valence-electron chi connectivity index (χ1n) is 17.3. The summed E-state index contributed by atoms with van der Waals surface area (Å²) in [5.41, 5.74) is 5.53. The Bertz CT molecular complexity index is 1970. The van der Waals surface area contributed by atoms with Gasteiger partial charge in [0.25, 0.3) is 11.8 Å². The number of hydrogen-bond acceptors (Lipinski definition) is 10. The first kappa shape index (κ1) is 35.3. The van der Waals surface area contributed by atoms with Crippen LogP contribution in [0.15, 0.2) is 75.7 Å². The molecule has 3 aromatic carbocycles. The number of allylic oxidation sites excluding steroid dienone is 2. The molecule has 13 heteroatoms. The third kappa shape index (κ3) is 7.19. The number of carboxylic acid groups (broad SMARTS) is 1. The monoisotopic (exact) mass is 720 g/mol. The average Bonchev–Trinajstić information content (AvgIpc) is 3.74. The Labute approximate surface area is 306 Å². The fourth-order valence-corrected chi connectivity index (χ4v) is 6.98. The van der Waals surface area contributed by atoms with E-state index in [1.165, 1.54) is 25.4 Å². The van der Waals surface area contributed by atoms with E-state index in [0.29, 0.717) is 75.5 Å². The number of carboxylic acids is 1. The number of benzene rings is 3. The summed E-state index contributed by atoms with van der Waals surface area (Å²) in [5.74, 6) is 0.458. The zero-order valence-corrected chi connectivity index (χ0v) is 30.0. The maximum Gasteiger partial charge on any atom is 0.341 e. The summed E-state index contributed by atoms with van der Waals surface area (Å²) in [4.78, 5) is 51.3. The van der Waals surface area contributed by atoms with E-state index in [1.54, 1.807) is 48.8 Å². The molecule has 0 radical (unpaired) electrons. The third-order valence-electron chi connectivity index (χ3n) is 9.80. The topological polar surface area (TPSA) is 149 Å².